The van der Waals surface area contributed by atoms with Gasteiger partial charge in [0.2, 0.25) is 0 Å². The smallest absolute Gasteiger partial charge is 0.0408 e. The van der Waals surface area contributed by atoms with Gasteiger partial charge < -0.3 is 10.2 Å². The first-order chi connectivity index (χ1) is 8.13. The first-order valence-electron chi connectivity index (χ1n) is 6.25. The van der Waals surface area contributed by atoms with Crippen molar-refractivity contribution >= 4 is 11.6 Å². The van der Waals surface area contributed by atoms with Gasteiger partial charge in [0.05, 0.1) is 0 Å². The minimum Gasteiger partial charge on any atom is -0.313 e. The van der Waals surface area contributed by atoms with E-state index in [0.29, 0.717) is 0 Å². The molecule has 2 rings (SSSR count). The van der Waals surface area contributed by atoms with Crippen LogP contribution in [0.25, 0.3) is 0 Å². The fourth-order valence-corrected chi connectivity index (χ4v) is 2.90. The molecule has 1 saturated heterocycles. The number of rotatable bonds is 4. The van der Waals surface area contributed by atoms with E-state index in [4.69, 9.17) is 11.6 Å². The second kappa shape index (κ2) is 5.38. The average Bonchev–Trinajstić information content (AvgIpc) is 2.70. The third-order valence-corrected chi connectivity index (χ3v) is 4.09. The van der Waals surface area contributed by atoms with Crippen LogP contribution in [0.15, 0.2) is 24.3 Å². The molecule has 3 heteroatoms. The van der Waals surface area contributed by atoms with Crippen LogP contribution >= 0.6 is 11.6 Å². The zero-order chi connectivity index (χ0) is 12.3. The molecule has 1 aliphatic heterocycles. The van der Waals surface area contributed by atoms with Crippen LogP contribution in [0.2, 0.25) is 5.02 Å². The third-order valence-electron chi connectivity index (χ3n) is 3.86. The summed E-state index contributed by atoms with van der Waals surface area (Å²) in [6, 6.07) is 8.20. The van der Waals surface area contributed by atoms with Crippen LogP contribution in [0.4, 0.5) is 0 Å². The fraction of sp³-hybridized carbons (Fsp3) is 0.571. The Morgan fingerprint density at radius 3 is 2.88 bits per heavy atom. The summed E-state index contributed by atoms with van der Waals surface area (Å²) in [6.07, 6.45) is 3.50. The topological polar surface area (TPSA) is 15.3 Å². The summed E-state index contributed by atoms with van der Waals surface area (Å²) in [4.78, 5) is 2.40. The van der Waals surface area contributed by atoms with Crippen LogP contribution in [0, 0.1) is 0 Å². The molecule has 1 heterocycles. The molecule has 0 saturated carbocycles. The first-order valence-corrected chi connectivity index (χ1v) is 6.63. The van der Waals surface area contributed by atoms with E-state index >= 15 is 0 Å². The Morgan fingerprint density at radius 1 is 1.47 bits per heavy atom. The van der Waals surface area contributed by atoms with E-state index in [9.17, 15) is 0 Å². The van der Waals surface area contributed by atoms with Gasteiger partial charge in [0, 0.05) is 17.1 Å². The minimum absolute atomic E-state index is 0.289. The van der Waals surface area contributed by atoms with Crippen molar-refractivity contribution in [2.75, 3.05) is 27.2 Å². The van der Waals surface area contributed by atoms with Crippen molar-refractivity contribution < 1.29 is 0 Å². The van der Waals surface area contributed by atoms with Crippen molar-refractivity contribution in [1.82, 2.24) is 10.2 Å². The summed E-state index contributed by atoms with van der Waals surface area (Å²) in [5.74, 6) is 0. The second-order valence-corrected chi connectivity index (χ2v) is 5.58. The molecule has 0 radical (unpaired) electrons. The maximum Gasteiger partial charge on any atom is 0.0408 e. The predicted octanol–water partition coefficient (Wildman–Crippen LogP) is 2.57. The first kappa shape index (κ1) is 12.9. The lowest BCUT2D eigenvalue weighted by atomic mass is 9.90. The molecule has 94 valence electrons. The van der Waals surface area contributed by atoms with Gasteiger partial charge in [-0.25, -0.2) is 0 Å². The van der Waals surface area contributed by atoms with E-state index in [1.807, 2.05) is 12.1 Å². The lowest BCUT2D eigenvalue weighted by Crippen LogP contribution is -2.45. The molecule has 0 bridgehead atoms. The molecule has 17 heavy (non-hydrogen) atoms. The van der Waals surface area contributed by atoms with Gasteiger partial charge in [-0.3, -0.25) is 0 Å². The highest BCUT2D eigenvalue weighted by atomic mass is 35.5. The number of hydrogen-bond donors (Lipinski definition) is 1. The lowest BCUT2D eigenvalue weighted by Gasteiger charge is -2.28. The van der Waals surface area contributed by atoms with Crippen LogP contribution in [-0.2, 0) is 6.42 Å². The third kappa shape index (κ3) is 3.21. The number of halogens is 1. The Morgan fingerprint density at radius 2 is 2.29 bits per heavy atom. The number of hydrogen-bond acceptors (Lipinski definition) is 2. The maximum absolute atomic E-state index is 6.01. The molecule has 0 aliphatic carbocycles. The van der Waals surface area contributed by atoms with Crippen LogP contribution in [0.5, 0.6) is 0 Å². The Hall–Kier alpha value is -0.570. The molecule has 1 aromatic carbocycles. The summed E-state index contributed by atoms with van der Waals surface area (Å²) in [6.45, 7) is 2.33. The van der Waals surface area contributed by atoms with Gasteiger partial charge >= 0.3 is 0 Å². The molecule has 1 N–H and O–H groups in total. The second-order valence-electron chi connectivity index (χ2n) is 5.15. The SMILES string of the molecule is CNC1(CCc2cccc(Cl)c2)CCN(C)C1. The number of benzene rings is 1. The molecule has 0 aromatic heterocycles. The van der Waals surface area contributed by atoms with E-state index in [0.717, 1.165) is 18.0 Å². The van der Waals surface area contributed by atoms with Crippen LogP contribution in [0.1, 0.15) is 18.4 Å². The Kier molecular flexibility index (Phi) is 4.08. The summed E-state index contributed by atoms with van der Waals surface area (Å²) in [5.41, 5.74) is 1.62. The minimum atomic E-state index is 0.289. The molecule has 1 aromatic rings. The molecular weight excluding hydrogens is 232 g/mol. The van der Waals surface area contributed by atoms with E-state index in [1.165, 1.54) is 24.9 Å². The largest absolute Gasteiger partial charge is 0.313 e. The van der Waals surface area contributed by atoms with Gasteiger partial charge in [-0.15, -0.1) is 0 Å². The van der Waals surface area contributed by atoms with E-state index < -0.39 is 0 Å². The Labute approximate surface area is 109 Å². The fourth-order valence-electron chi connectivity index (χ4n) is 2.69. The standard InChI is InChI=1S/C14H21ClN2/c1-16-14(8-9-17(2)11-14)7-6-12-4-3-5-13(15)10-12/h3-5,10,16H,6-9,11H2,1-2H3. The van der Waals surface area contributed by atoms with Gasteiger partial charge in [-0.1, -0.05) is 23.7 Å². The zero-order valence-electron chi connectivity index (χ0n) is 10.7. The molecule has 1 fully saturated rings. The van der Waals surface area contributed by atoms with E-state index in [-0.39, 0.29) is 5.54 Å². The van der Waals surface area contributed by atoms with Crippen LogP contribution in [-0.4, -0.2) is 37.6 Å². The molecule has 2 nitrogen and oxygen atoms in total. The van der Waals surface area contributed by atoms with Gasteiger partial charge in [0.1, 0.15) is 0 Å². The monoisotopic (exact) mass is 252 g/mol. The summed E-state index contributed by atoms with van der Waals surface area (Å²) >= 11 is 6.01. The van der Waals surface area contributed by atoms with Gasteiger partial charge in [0.25, 0.3) is 0 Å². The zero-order valence-corrected chi connectivity index (χ0v) is 11.4. The highest BCUT2D eigenvalue weighted by molar-refractivity contribution is 6.30. The van der Waals surface area contributed by atoms with Crippen LogP contribution in [0.3, 0.4) is 0 Å². The molecule has 0 amide bonds. The summed E-state index contributed by atoms with van der Waals surface area (Å²) in [7, 11) is 4.27. The van der Waals surface area contributed by atoms with Crippen molar-refractivity contribution in [1.29, 1.82) is 0 Å². The predicted molar refractivity (Wildman–Crippen MR) is 73.7 cm³/mol. The van der Waals surface area contributed by atoms with Crippen molar-refractivity contribution in [2.45, 2.75) is 24.8 Å². The molecule has 1 aliphatic rings. The van der Waals surface area contributed by atoms with Crippen molar-refractivity contribution in [3.05, 3.63) is 34.9 Å². The number of nitrogens with one attached hydrogen (secondary N) is 1. The quantitative estimate of drug-likeness (QED) is 0.886. The van der Waals surface area contributed by atoms with E-state index in [1.54, 1.807) is 0 Å². The van der Waals surface area contributed by atoms with Crippen molar-refractivity contribution in [3.8, 4) is 0 Å². The Balaban J connectivity index is 1.97. The maximum atomic E-state index is 6.01. The summed E-state index contributed by atoms with van der Waals surface area (Å²) < 4.78 is 0. The molecule has 1 unspecified atom stereocenters. The molecule has 0 spiro atoms. The normalized spacial score (nSPS) is 25.4. The Bertz CT molecular complexity index is 380. The van der Waals surface area contributed by atoms with Crippen molar-refractivity contribution in [3.63, 3.8) is 0 Å². The van der Waals surface area contributed by atoms with Crippen LogP contribution < -0.4 is 5.32 Å². The molecular formula is C14H21ClN2. The highest BCUT2D eigenvalue weighted by Gasteiger charge is 2.34. The van der Waals surface area contributed by atoms with Gasteiger partial charge in [-0.2, -0.15) is 0 Å². The number of nitrogens with zero attached hydrogens (tertiary/aromatic N) is 1. The molecule has 1 atom stereocenters. The van der Waals surface area contributed by atoms with Gasteiger partial charge in [-0.05, 0) is 57.6 Å². The van der Waals surface area contributed by atoms with E-state index in [2.05, 4.69) is 36.4 Å². The van der Waals surface area contributed by atoms with Gasteiger partial charge in [0.15, 0.2) is 0 Å². The lowest BCUT2D eigenvalue weighted by molar-refractivity contribution is 0.311. The van der Waals surface area contributed by atoms with Crippen molar-refractivity contribution in [2.24, 2.45) is 0 Å². The highest BCUT2D eigenvalue weighted by Crippen LogP contribution is 2.25. The number of likely N-dealkylation sites (N-methyl/N-ethyl adjacent to an activating group) is 2. The number of aryl methyl sites for hydroxylation is 1. The average molecular weight is 253 g/mol. The summed E-state index contributed by atoms with van der Waals surface area (Å²) in [5, 5.41) is 4.36. The number of likely N-dealkylation sites (tertiary alicyclic amines) is 1.